The minimum Gasteiger partial charge on any atom is -0.481 e. The number of nitrogens with zero attached hydrogens (tertiary/aromatic N) is 1. The van der Waals surface area contributed by atoms with Gasteiger partial charge in [-0.05, 0) is 39.2 Å². The number of methoxy groups -OCH3 is 1. The lowest BCUT2D eigenvalue weighted by molar-refractivity contribution is -0.141. The molecule has 21 heavy (non-hydrogen) atoms. The van der Waals surface area contributed by atoms with Gasteiger partial charge in [-0.3, -0.25) is 0 Å². The summed E-state index contributed by atoms with van der Waals surface area (Å²) in [4.78, 5) is 3.41. The molecule has 1 saturated heterocycles. The summed E-state index contributed by atoms with van der Waals surface area (Å²) < 4.78 is 54.9. The van der Waals surface area contributed by atoms with Crippen molar-refractivity contribution in [2.24, 2.45) is 0 Å². The van der Waals surface area contributed by atoms with Gasteiger partial charge < -0.3 is 14.0 Å². The zero-order chi connectivity index (χ0) is 16.1. The molecule has 0 spiro atoms. The van der Waals surface area contributed by atoms with Crippen LogP contribution in [0.25, 0.3) is 0 Å². The van der Waals surface area contributed by atoms with E-state index in [2.05, 4.69) is 4.98 Å². The number of rotatable bonds is 2. The van der Waals surface area contributed by atoms with Gasteiger partial charge in [-0.25, -0.2) is 4.98 Å². The topological polar surface area (TPSA) is 40.6 Å². The summed E-state index contributed by atoms with van der Waals surface area (Å²) in [6, 6.07) is 2.31. The van der Waals surface area contributed by atoms with Gasteiger partial charge in [0.2, 0.25) is 5.88 Å². The first-order valence-electron chi connectivity index (χ1n) is 6.45. The van der Waals surface area contributed by atoms with Crippen LogP contribution in [-0.4, -0.2) is 30.4 Å². The molecule has 1 aliphatic heterocycles. The summed E-state index contributed by atoms with van der Waals surface area (Å²) >= 11 is 0. The Morgan fingerprint density at radius 2 is 1.62 bits per heavy atom. The first-order valence-corrected chi connectivity index (χ1v) is 6.45. The van der Waals surface area contributed by atoms with E-state index in [4.69, 9.17) is 14.0 Å². The van der Waals surface area contributed by atoms with Gasteiger partial charge in [-0.15, -0.1) is 0 Å². The van der Waals surface area contributed by atoms with Gasteiger partial charge in [0, 0.05) is 6.07 Å². The van der Waals surface area contributed by atoms with Crippen molar-refractivity contribution >= 4 is 12.6 Å². The number of hydrogen-bond acceptors (Lipinski definition) is 4. The minimum absolute atomic E-state index is 0.130. The molecule has 0 radical (unpaired) electrons. The quantitative estimate of drug-likeness (QED) is 0.787. The average molecular weight is 303 g/mol. The number of ether oxygens (including phenoxy) is 1. The normalized spacial score (nSPS) is 20.7. The lowest BCUT2D eigenvalue weighted by Gasteiger charge is -2.32. The number of pyridine rings is 1. The SMILES string of the molecule is COc1cc(B2OC(C)(C)C(C)(C)O2)cc(C(F)(F)F)n1. The molecule has 1 fully saturated rings. The van der Waals surface area contributed by atoms with Crippen LogP contribution >= 0.6 is 0 Å². The highest BCUT2D eigenvalue weighted by atomic mass is 19.4. The Labute approximate surface area is 121 Å². The molecule has 116 valence electrons. The third-order valence-electron chi connectivity index (χ3n) is 3.85. The second kappa shape index (κ2) is 4.88. The van der Waals surface area contributed by atoms with Crippen molar-refractivity contribution in [2.45, 2.75) is 45.1 Å². The van der Waals surface area contributed by atoms with Crippen LogP contribution in [0.1, 0.15) is 33.4 Å². The second-order valence-corrected chi connectivity index (χ2v) is 5.91. The Hall–Kier alpha value is -1.28. The van der Waals surface area contributed by atoms with Crippen LogP contribution in [0, 0.1) is 0 Å². The third-order valence-corrected chi connectivity index (χ3v) is 3.85. The lowest BCUT2D eigenvalue weighted by atomic mass is 9.79. The van der Waals surface area contributed by atoms with Crippen molar-refractivity contribution in [3.8, 4) is 5.88 Å². The standard InChI is InChI=1S/C13H17BF3NO3/c1-11(2)12(3,4)21-14(20-11)8-6-9(13(15,16)17)18-10(7-8)19-5/h6-7H,1-5H3. The molecule has 0 aromatic carbocycles. The summed E-state index contributed by atoms with van der Waals surface area (Å²) in [5, 5.41) is 0. The zero-order valence-electron chi connectivity index (χ0n) is 12.5. The maximum atomic E-state index is 12.9. The van der Waals surface area contributed by atoms with E-state index < -0.39 is 30.2 Å². The molecular weight excluding hydrogens is 286 g/mol. The molecule has 1 aromatic heterocycles. The third kappa shape index (κ3) is 3.01. The van der Waals surface area contributed by atoms with Gasteiger partial charge in [0.25, 0.3) is 0 Å². The number of aromatic nitrogens is 1. The predicted molar refractivity (Wildman–Crippen MR) is 71.5 cm³/mol. The Balaban J connectivity index is 2.42. The average Bonchev–Trinajstić information content (AvgIpc) is 2.57. The maximum absolute atomic E-state index is 12.9. The molecule has 1 aromatic rings. The molecular formula is C13H17BF3NO3. The molecule has 8 heteroatoms. The van der Waals surface area contributed by atoms with Gasteiger partial charge in [-0.1, -0.05) is 0 Å². The van der Waals surface area contributed by atoms with Gasteiger partial charge in [0.15, 0.2) is 0 Å². The Morgan fingerprint density at radius 1 is 1.10 bits per heavy atom. The van der Waals surface area contributed by atoms with Crippen LogP contribution in [0.5, 0.6) is 5.88 Å². The fourth-order valence-electron chi connectivity index (χ4n) is 1.89. The fourth-order valence-corrected chi connectivity index (χ4v) is 1.89. The lowest BCUT2D eigenvalue weighted by Crippen LogP contribution is -2.41. The first kappa shape index (κ1) is 16.1. The largest absolute Gasteiger partial charge is 0.495 e. The van der Waals surface area contributed by atoms with Crippen LogP contribution in [0.3, 0.4) is 0 Å². The molecule has 0 saturated carbocycles. The minimum atomic E-state index is -4.56. The van der Waals surface area contributed by atoms with Gasteiger partial charge in [-0.2, -0.15) is 13.2 Å². The molecule has 2 heterocycles. The van der Waals surface area contributed by atoms with Crippen molar-refractivity contribution in [1.82, 2.24) is 4.98 Å². The predicted octanol–water partition coefficient (Wildman–Crippen LogP) is 2.41. The highest BCUT2D eigenvalue weighted by Gasteiger charge is 2.52. The summed E-state index contributed by atoms with van der Waals surface area (Å²) in [6.07, 6.45) is -4.56. The highest BCUT2D eigenvalue weighted by Crippen LogP contribution is 2.37. The van der Waals surface area contributed by atoms with Crippen LogP contribution in [-0.2, 0) is 15.5 Å². The van der Waals surface area contributed by atoms with Crippen LogP contribution < -0.4 is 10.2 Å². The van der Waals surface area contributed by atoms with E-state index >= 15 is 0 Å². The molecule has 2 rings (SSSR count). The Kier molecular flexibility index (Phi) is 3.74. The van der Waals surface area contributed by atoms with E-state index in [0.717, 1.165) is 6.07 Å². The number of alkyl halides is 3. The first-order chi connectivity index (χ1) is 9.46. The summed E-state index contributed by atoms with van der Waals surface area (Å²) in [5.74, 6) is -0.130. The number of halogens is 3. The van der Waals surface area contributed by atoms with Crippen LogP contribution in [0.15, 0.2) is 12.1 Å². The zero-order valence-corrected chi connectivity index (χ0v) is 12.5. The smallest absolute Gasteiger partial charge is 0.481 e. The van der Waals surface area contributed by atoms with Gasteiger partial charge >= 0.3 is 13.3 Å². The monoisotopic (exact) mass is 303 g/mol. The molecule has 1 aliphatic rings. The molecule has 0 N–H and O–H groups in total. The molecule has 0 unspecified atom stereocenters. The molecule has 0 amide bonds. The van der Waals surface area contributed by atoms with Crippen molar-refractivity contribution in [3.63, 3.8) is 0 Å². The molecule has 0 atom stereocenters. The summed E-state index contributed by atoms with van der Waals surface area (Å²) in [7, 11) is 0.365. The van der Waals surface area contributed by atoms with E-state index in [0.29, 0.717) is 0 Å². The van der Waals surface area contributed by atoms with E-state index in [1.54, 1.807) is 0 Å². The molecule has 4 nitrogen and oxygen atoms in total. The molecule has 0 aliphatic carbocycles. The highest BCUT2D eigenvalue weighted by molar-refractivity contribution is 6.62. The van der Waals surface area contributed by atoms with Gasteiger partial charge in [0.1, 0.15) is 5.69 Å². The van der Waals surface area contributed by atoms with Crippen molar-refractivity contribution in [1.29, 1.82) is 0 Å². The fraction of sp³-hybridized carbons (Fsp3) is 0.615. The van der Waals surface area contributed by atoms with E-state index in [1.165, 1.54) is 13.2 Å². The summed E-state index contributed by atoms with van der Waals surface area (Å²) in [5.41, 5.74) is -2.07. The van der Waals surface area contributed by atoms with Crippen molar-refractivity contribution in [2.75, 3.05) is 7.11 Å². The summed E-state index contributed by atoms with van der Waals surface area (Å²) in [6.45, 7) is 7.32. The molecule has 0 bridgehead atoms. The number of hydrogen-bond donors (Lipinski definition) is 0. The maximum Gasteiger partial charge on any atom is 0.495 e. The van der Waals surface area contributed by atoms with E-state index in [-0.39, 0.29) is 11.3 Å². The second-order valence-electron chi connectivity index (χ2n) is 5.91. The van der Waals surface area contributed by atoms with E-state index in [9.17, 15) is 13.2 Å². The van der Waals surface area contributed by atoms with E-state index in [1.807, 2.05) is 27.7 Å². The Morgan fingerprint density at radius 3 is 2.05 bits per heavy atom. The van der Waals surface area contributed by atoms with Gasteiger partial charge in [0.05, 0.1) is 18.3 Å². The Bertz CT molecular complexity index is 530. The van der Waals surface area contributed by atoms with Crippen LogP contribution in [0.2, 0.25) is 0 Å². The van der Waals surface area contributed by atoms with Crippen molar-refractivity contribution < 1.29 is 27.2 Å². The van der Waals surface area contributed by atoms with Crippen molar-refractivity contribution in [3.05, 3.63) is 17.8 Å². The van der Waals surface area contributed by atoms with Crippen LogP contribution in [0.4, 0.5) is 13.2 Å².